The van der Waals surface area contributed by atoms with E-state index in [0.717, 1.165) is 22.8 Å². The first-order chi connectivity index (χ1) is 11.6. The van der Waals surface area contributed by atoms with Gasteiger partial charge < -0.3 is 5.11 Å². The van der Waals surface area contributed by atoms with Crippen molar-refractivity contribution in [2.45, 2.75) is 25.5 Å². The van der Waals surface area contributed by atoms with Crippen LogP contribution in [0.4, 0.5) is 0 Å². The largest absolute Gasteiger partial charge is 0.377 e. The zero-order valence-corrected chi connectivity index (χ0v) is 13.4. The molecule has 2 aliphatic rings. The van der Waals surface area contributed by atoms with E-state index in [0.29, 0.717) is 24.2 Å². The van der Waals surface area contributed by atoms with Crippen LogP contribution in [0.15, 0.2) is 30.3 Å². The number of aliphatic hydroxyl groups is 1. The maximum absolute atomic E-state index is 12.5. The maximum Gasteiger partial charge on any atom is 0.259 e. The van der Waals surface area contributed by atoms with E-state index < -0.39 is 6.23 Å². The lowest BCUT2D eigenvalue weighted by molar-refractivity contribution is -0.0350. The molecule has 124 valence electrons. The van der Waals surface area contributed by atoms with Crippen molar-refractivity contribution in [3.63, 3.8) is 0 Å². The number of nitrogens with zero attached hydrogens (tertiary/aromatic N) is 1. The van der Waals surface area contributed by atoms with E-state index in [4.69, 9.17) is 0 Å². The Bertz CT molecular complexity index is 839. The number of carbonyl (C=O) groups is 2. The van der Waals surface area contributed by atoms with Gasteiger partial charge in [0.2, 0.25) is 0 Å². The molecule has 0 aliphatic carbocycles. The first-order valence-electron chi connectivity index (χ1n) is 8.16. The summed E-state index contributed by atoms with van der Waals surface area (Å²) in [5.74, 6) is -0.499. The molecule has 1 fully saturated rings. The maximum atomic E-state index is 12.5. The number of aliphatic hydroxyl groups excluding tert-OH is 1. The van der Waals surface area contributed by atoms with Crippen LogP contribution in [-0.4, -0.2) is 41.2 Å². The predicted molar refractivity (Wildman–Crippen MR) is 89.5 cm³/mol. The number of nitrogens with one attached hydrogen (secondary N) is 2. The van der Waals surface area contributed by atoms with Gasteiger partial charge in [0.15, 0.2) is 0 Å². The standard InChI is InChI=1S/C18H19N3O3/c1-10(22)21-8-7-12(9-19-21)13-6-5-11-3-2-4-14-15(11)16(13)18(24)20-17(14)23/h2-6,10,12,19,22H,7-9H2,1H3,(H,20,23,24). The number of rotatable bonds is 2. The molecule has 6 nitrogen and oxygen atoms in total. The minimum absolute atomic E-state index is 0.159. The van der Waals surface area contributed by atoms with Crippen LogP contribution in [-0.2, 0) is 0 Å². The molecule has 1 saturated heterocycles. The number of hydrogen-bond acceptors (Lipinski definition) is 5. The lowest BCUT2D eigenvalue weighted by atomic mass is 9.84. The normalized spacial score (nSPS) is 22.5. The van der Waals surface area contributed by atoms with Crippen molar-refractivity contribution in [2.24, 2.45) is 0 Å². The Labute approximate surface area is 139 Å². The zero-order chi connectivity index (χ0) is 16.8. The Balaban J connectivity index is 1.80. The van der Waals surface area contributed by atoms with Gasteiger partial charge in [-0.25, -0.2) is 5.01 Å². The highest BCUT2D eigenvalue weighted by molar-refractivity contribution is 6.26. The van der Waals surface area contributed by atoms with Gasteiger partial charge in [-0.1, -0.05) is 24.3 Å². The lowest BCUT2D eigenvalue weighted by Crippen LogP contribution is -2.50. The molecule has 2 aliphatic heterocycles. The Morgan fingerprint density at radius 3 is 2.75 bits per heavy atom. The van der Waals surface area contributed by atoms with E-state index in [1.807, 2.05) is 24.3 Å². The van der Waals surface area contributed by atoms with Gasteiger partial charge in [0.25, 0.3) is 11.8 Å². The third-order valence-electron chi connectivity index (χ3n) is 4.93. The second kappa shape index (κ2) is 5.66. The van der Waals surface area contributed by atoms with Crippen LogP contribution >= 0.6 is 0 Å². The van der Waals surface area contributed by atoms with Gasteiger partial charge >= 0.3 is 0 Å². The summed E-state index contributed by atoms with van der Waals surface area (Å²) in [6.07, 6.45) is 0.285. The third-order valence-corrected chi connectivity index (χ3v) is 4.93. The second-order valence-corrected chi connectivity index (χ2v) is 6.39. The number of benzene rings is 2. The van der Waals surface area contributed by atoms with Crippen LogP contribution in [0.2, 0.25) is 0 Å². The summed E-state index contributed by atoms with van der Waals surface area (Å²) >= 11 is 0. The SMILES string of the molecule is CC(O)N1CCC(c2ccc3cccc4c3c2C(=O)NC4=O)CN1. The van der Waals surface area contributed by atoms with Gasteiger partial charge in [0, 0.05) is 24.0 Å². The first kappa shape index (κ1) is 15.3. The number of imide groups is 1. The van der Waals surface area contributed by atoms with Gasteiger partial charge in [-0.05, 0) is 36.3 Å². The molecule has 2 heterocycles. The van der Waals surface area contributed by atoms with Crippen LogP contribution in [0.3, 0.4) is 0 Å². The number of carbonyl (C=O) groups excluding carboxylic acids is 2. The summed E-state index contributed by atoms with van der Waals surface area (Å²) < 4.78 is 0. The molecule has 4 rings (SSSR count). The van der Waals surface area contributed by atoms with Crippen LogP contribution < -0.4 is 10.7 Å². The molecule has 2 unspecified atom stereocenters. The number of hydrogen-bond donors (Lipinski definition) is 3. The summed E-state index contributed by atoms with van der Waals surface area (Å²) in [5, 5.41) is 15.6. The van der Waals surface area contributed by atoms with Crippen molar-refractivity contribution >= 4 is 22.6 Å². The third kappa shape index (κ3) is 2.31. The summed E-state index contributed by atoms with van der Waals surface area (Å²) in [4.78, 5) is 24.6. The lowest BCUT2D eigenvalue weighted by Gasteiger charge is -2.35. The minimum atomic E-state index is -0.548. The molecule has 0 spiro atoms. The van der Waals surface area contributed by atoms with Gasteiger partial charge in [0.1, 0.15) is 6.23 Å². The van der Waals surface area contributed by atoms with Crippen molar-refractivity contribution in [1.82, 2.24) is 15.8 Å². The molecule has 24 heavy (non-hydrogen) atoms. The molecule has 0 aromatic heterocycles. The first-order valence-corrected chi connectivity index (χ1v) is 8.16. The molecule has 0 bridgehead atoms. The molecule has 2 aromatic carbocycles. The van der Waals surface area contributed by atoms with Crippen molar-refractivity contribution in [2.75, 3.05) is 13.1 Å². The molecular formula is C18H19N3O3. The summed E-state index contributed by atoms with van der Waals surface area (Å²) in [6.45, 7) is 3.06. The monoisotopic (exact) mass is 325 g/mol. The Kier molecular flexibility index (Phi) is 3.60. The smallest absolute Gasteiger partial charge is 0.259 e. The molecule has 0 radical (unpaired) electrons. The second-order valence-electron chi connectivity index (χ2n) is 6.39. The van der Waals surface area contributed by atoms with Gasteiger partial charge in [-0.2, -0.15) is 0 Å². The predicted octanol–water partition coefficient (Wildman–Crippen LogP) is 1.36. The van der Waals surface area contributed by atoms with Crippen molar-refractivity contribution in [1.29, 1.82) is 0 Å². The zero-order valence-electron chi connectivity index (χ0n) is 13.4. The molecule has 2 atom stereocenters. The van der Waals surface area contributed by atoms with Crippen LogP contribution in [0.5, 0.6) is 0 Å². The van der Waals surface area contributed by atoms with Crippen molar-refractivity contribution in [3.8, 4) is 0 Å². The van der Waals surface area contributed by atoms with Crippen molar-refractivity contribution in [3.05, 3.63) is 47.0 Å². The fraction of sp³-hybridized carbons (Fsp3) is 0.333. The van der Waals surface area contributed by atoms with Crippen molar-refractivity contribution < 1.29 is 14.7 Å². The molecular weight excluding hydrogens is 306 g/mol. The molecule has 2 amide bonds. The topological polar surface area (TPSA) is 81.7 Å². The van der Waals surface area contributed by atoms with E-state index in [-0.39, 0.29) is 17.7 Å². The fourth-order valence-corrected chi connectivity index (χ4v) is 3.69. The van der Waals surface area contributed by atoms with Crippen LogP contribution in [0.25, 0.3) is 10.8 Å². The van der Waals surface area contributed by atoms with E-state index in [1.54, 1.807) is 18.0 Å². The van der Waals surface area contributed by atoms with E-state index in [9.17, 15) is 14.7 Å². The summed E-state index contributed by atoms with van der Waals surface area (Å²) in [6, 6.07) is 9.48. The van der Waals surface area contributed by atoms with Gasteiger partial charge in [0.05, 0.1) is 5.56 Å². The fourth-order valence-electron chi connectivity index (χ4n) is 3.69. The summed E-state index contributed by atoms with van der Waals surface area (Å²) in [7, 11) is 0. The number of amides is 2. The molecule has 3 N–H and O–H groups in total. The minimum Gasteiger partial charge on any atom is -0.377 e. The molecule has 0 saturated carbocycles. The molecule has 2 aromatic rings. The van der Waals surface area contributed by atoms with E-state index in [2.05, 4.69) is 10.7 Å². The van der Waals surface area contributed by atoms with Crippen LogP contribution in [0, 0.1) is 0 Å². The average molecular weight is 325 g/mol. The highest BCUT2D eigenvalue weighted by Crippen LogP contribution is 2.34. The van der Waals surface area contributed by atoms with Gasteiger partial charge in [-0.3, -0.25) is 20.3 Å². The Hall–Kier alpha value is -2.28. The van der Waals surface area contributed by atoms with Crippen LogP contribution in [0.1, 0.15) is 45.5 Å². The van der Waals surface area contributed by atoms with Gasteiger partial charge in [-0.15, -0.1) is 0 Å². The average Bonchev–Trinajstić information content (AvgIpc) is 2.59. The Morgan fingerprint density at radius 1 is 1.21 bits per heavy atom. The van der Waals surface area contributed by atoms with E-state index >= 15 is 0 Å². The Morgan fingerprint density at radius 2 is 2.04 bits per heavy atom. The molecule has 6 heteroatoms. The highest BCUT2D eigenvalue weighted by atomic mass is 16.3. The van der Waals surface area contributed by atoms with E-state index in [1.165, 1.54) is 0 Å². The number of hydrazine groups is 1. The highest BCUT2D eigenvalue weighted by Gasteiger charge is 2.31. The quantitative estimate of drug-likeness (QED) is 0.726. The summed E-state index contributed by atoms with van der Waals surface area (Å²) in [5.41, 5.74) is 5.33.